The zero-order valence-electron chi connectivity index (χ0n) is 7.79. The maximum Gasteiger partial charge on any atom is 0.339 e. The Morgan fingerprint density at radius 1 is 1.62 bits per heavy atom. The molecular formula is C9H13NO2S. The number of carbonyl (C=O) groups excluding carboxylic acids is 1. The fourth-order valence-corrected chi connectivity index (χ4v) is 2.02. The highest BCUT2D eigenvalue weighted by atomic mass is 32.1. The number of thiophene rings is 1. The minimum absolute atomic E-state index is 0.271. The largest absolute Gasteiger partial charge is 0.462 e. The summed E-state index contributed by atoms with van der Waals surface area (Å²) in [4.78, 5) is 11.4. The lowest BCUT2D eigenvalue weighted by Gasteiger charge is -2.01. The molecular weight excluding hydrogens is 186 g/mol. The SMILES string of the molecule is CCOC(=O)c1csc(N)c1CC. The van der Waals surface area contributed by atoms with Crippen LogP contribution in [0.25, 0.3) is 0 Å². The van der Waals surface area contributed by atoms with E-state index in [-0.39, 0.29) is 5.97 Å². The third-order valence-corrected chi connectivity index (χ3v) is 2.63. The van der Waals surface area contributed by atoms with E-state index in [4.69, 9.17) is 10.5 Å². The molecule has 1 aromatic rings. The molecule has 2 N–H and O–H groups in total. The van der Waals surface area contributed by atoms with Crippen LogP contribution >= 0.6 is 11.3 Å². The van der Waals surface area contributed by atoms with Gasteiger partial charge in [0.1, 0.15) is 0 Å². The molecule has 0 spiro atoms. The summed E-state index contributed by atoms with van der Waals surface area (Å²) in [5, 5.41) is 2.47. The topological polar surface area (TPSA) is 52.3 Å². The van der Waals surface area contributed by atoms with E-state index in [9.17, 15) is 4.79 Å². The predicted octanol–water partition coefficient (Wildman–Crippen LogP) is 2.07. The highest BCUT2D eigenvalue weighted by molar-refractivity contribution is 7.14. The lowest BCUT2D eigenvalue weighted by atomic mass is 10.1. The molecule has 0 atom stereocenters. The molecule has 0 aromatic carbocycles. The molecule has 0 aliphatic heterocycles. The number of ether oxygens (including phenoxy) is 1. The first kappa shape index (κ1) is 10.1. The number of nitrogens with two attached hydrogens (primary N) is 1. The van der Waals surface area contributed by atoms with Crippen molar-refractivity contribution in [3.05, 3.63) is 16.5 Å². The average Bonchev–Trinajstić information content (AvgIpc) is 2.47. The van der Waals surface area contributed by atoms with Gasteiger partial charge in [0.15, 0.2) is 0 Å². The van der Waals surface area contributed by atoms with E-state index >= 15 is 0 Å². The Morgan fingerprint density at radius 3 is 2.85 bits per heavy atom. The van der Waals surface area contributed by atoms with E-state index in [1.54, 1.807) is 12.3 Å². The molecule has 0 saturated heterocycles. The predicted molar refractivity (Wildman–Crippen MR) is 54.1 cm³/mol. The van der Waals surface area contributed by atoms with E-state index in [1.165, 1.54) is 11.3 Å². The fraction of sp³-hybridized carbons (Fsp3) is 0.444. The van der Waals surface area contributed by atoms with Crippen LogP contribution in [0.4, 0.5) is 5.00 Å². The van der Waals surface area contributed by atoms with Gasteiger partial charge in [-0.05, 0) is 13.3 Å². The molecule has 3 nitrogen and oxygen atoms in total. The van der Waals surface area contributed by atoms with Gasteiger partial charge in [-0.2, -0.15) is 0 Å². The van der Waals surface area contributed by atoms with Gasteiger partial charge in [-0.1, -0.05) is 6.92 Å². The van der Waals surface area contributed by atoms with Crippen molar-refractivity contribution < 1.29 is 9.53 Å². The maximum absolute atomic E-state index is 11.4. The fourth-order valence-electron chi connectivity index (χ4n) is 1.14. The van der Waals surface area contributed by atoms with E-state index in [0.717, 1.165) is 12.0 Å². The molecule has 0 amide bonds. The minimum Gasteiger partial charge on any atom is -0.462 e. The quantitative estimate of drug-likeness (QED) is 0.758. The molecule has 1 heterocycles. The van der Waals surface area contributed by atoms with Gasteiger partial charge in [-0.3, -0.25) is 0 Å². The number of carbonyl (C=O) groups is 1. The lowest BCUT2D eigenvalue weighted by Crippen LogP contribution is -2.06. The van der Waals surface area contributed by atoms with Gasteiger partial charge in [0.05, 0.1) is 17.2 Å². The summed E-state index contributed by atoms with van der Waals surface area (Å²) >= 11 is 1.39. The van der Waals surface area contributed by atoms with Gasteiger partial charge >= 0.3 is 5.97 Å². The Labute approximate surface area is 81.5 Å². The number of nitrogen functional groups attached to an aromatic ring is 1. The Kier molecular flexibility index (Phi) is 3.31. The second-order valence-corrected chi connectivity index (χ2v) is 3.48. The molecule has 0 aliphatic rings. The molecule has 0 unspecified atom stereocenters. The van der Waals surface area contributed by atoms with Crippen molar-refractivity contribution in [3.63, 3.8) is 0 Å². The summed E-state index contributed by atoms with van der Waals surface area (Å²) in [6.07, 6.45) is 0.767. The van der Waals surface area contributed by atoms with E-state index in [2.05, 4.69) is 0 Å². The summed E-state index contributed by atoms with van der Waals surface area (Å²) in [6, 6.07) is 0. The van der Waals surface area contributed by atoms with Gasteiger partial charge in [-0.25, -0.2) is 4.79 Å². The van der Waals surface area contributed by atoms with Crippen LogP contribution in [-0.2, 0) is 11.2 Å². The van der Waals surface area contributed by atoms with E-state index in [0.29, 0.717) is 17.2 Å². The van der Waals surface area contributed by atoms with Crippen LogP contribution in [0.3, 0.4) is 0 Å². The summed E-state index contributed by atoms with van der Waals surface area (Å²) in [6.45, 7) is 4.16. The Balaban J connectivity index is 2.93. The molecule has 1 rings (SSSR count). The Bertz CT molecular complexity index is 307. The van der Waals surface area contributed by atoms with Gasteiger partial charge in [0, 0.05) is 10.9 Å². The first-order valence-electron chi connectivity index (χ1n) is 4.23. The van der Waals surface area contributed by atoms with Crippen molar-refractivity contribution in [1.82, 2.24) is 0 Å². The van der Waals surface area contributed by atoms with Crippen LogP contribution in [0.2, 0.25) is 0 Å². The van der Waals surface area contributed by atoms with Crippen LogP contribution < -0.4 is 5.73 Å². The standard InChI is InChI=1S/C9H13NO2S/c1-3-6-7(5-13-8(6)10)9(11)12-4-2/h5H,3-4,10H2,1-2H3. The van der Waals surface area contributed by atoms with Crippen LogP contribution in [0.15, 0.2) is 5.38 Å². The van der Waals surface area contributed by atoms with Crippen molar-refractivity contribution in [2.45, 2.75) is 20.3 Å². The molecule has 0 radical (unpaired) electrons. The third-order valence-electron chi connectivity index (χ3n) is 1.78. The summed E-state index contributed by atoms with van der Waals surface area (Å²) in [5.41, 5.74) is 7.22. The number of esters is 1. The molecule has 0 aliphatic carbocycles. The van der Waals surface area contributed by atoms with Crippen molar-refractivity contribution in [3.8, 4) is 0 Å². The Hall–Kier alpha value is -1.03. The molecule has 0 bridgehead atoms. The zero-order chi connectivity index (χ0) is 9.84. The summed E-state index contributed by atoms with van der Waals surface area (Å²) < 4.78 is 4.90. The number of rotatable bonds is 3. The zero-order valence-corrected chi connectivity index (χ0v) is 8.61. The average molecular weight is 199 g/mol. The van der Waals surface area contributed by atoms with Crippen LogP contribution in [0.5, 0.6) is 0 Å². The van der Waals surface area contributed by atoms with Crippen molar-refractivity contribution >= 4 is 22.3 Å². The smallest absolute Gasteiger partial charge is 0.339 e. The highest BCUT2D eigenvalue weighted by Crippen LogP contribution is 2.26. The van der Waals surface area contributed by atoms with Gasteiger partial charge in [-0.15, -0.1) is 11.3 Å². The second-order valence-electron chi connectivity index (χ2n) is 2.57. The molecule has 1 aromatic heterocycles. The maximum atomic E-state index is 11.4. The normalized spacial score (nSPS) is 10.0. The first-order chi connectivity index (χ1) is 6.20. The number of hydrogen-bond acceptors (Lipinski definition) is 4. The second kappa shape index (κ2) is 4.28. The third kappa shape index (κ3) is 2.01. The van der Waals surface area contributed by atoms with E-state index < -0.39 is 0 Å². The van der Waals surface area contributed by atoms with E-state index in [1.807, 2.05) is 6.92 Å². The summed E-state index contributed by atoms with van der Waals surface area (Å²) in [5.74, 6) is -0.271. The minimum atomic E-state index is -0.271. The molecule has 72 valence electrons. The number of hydrogen-bond donors (Lipinski definition) is 1. The van der Waals surface area contributed by atoms with Crippen LogP contribution in [0.1, 0.15) is 29.8 Å². The molecule has 0 fully saturated rings. The van der Waals surface area contributed by atoms with Gasteiger partial charge < -0.3 is 10.5 Å². The summed E-state index contributed by atoms with van der Waals surface area (Å²) in [7, 11) is 0. The van der Waals surface area contributed by atoms with Crippen LogP contribution in [-0.4, -0.2) is 12.6 Å². The molecule has 4 heteroatoms. The highest BCUT2D eigenvalue weighted by Gasteiger charge is 2.15. The van der Waals surface area contributed by atoms with Gasteiger partial charge in [0.25, 0.3) is 0 Å². The van der Waals surface area contributed by atoms with Crippen LogP contribution in [0, 0.1) is 0 Å². The van der Waals surface area contributed by atoms with Crippen molar-refractivity contribution in [1.29, 1.82) is 0 Å². The molecule has 13 heavy (non-hydrogen) atoms. The van der Waals surface area contributed by atoms with Crippen molar-refractivity contribution in [2.24, 2.45) is 0 Å². The van der Waals surface area contributed by atoms with Crippen molar-refractivity contribution in [2.75, 3.05) is 12.3 Å². The lowest BCUT2D eigenvalue weighted by molar-refractivity contribution is 0.0526. The Morgan fingerprint density at radius 2 is 2.31 bits per heavy atom. The molecule has 0 saturated carbocycles. The monoisotopic (exact) mass is 199 g/mol. The van der Waals surface area contributed by atoms with Gasteiger partial charge in [0.2, 0.25) is 0 Å². The number of anilines is 1. The first-order valence-corrected chi connectivity index (χ1v) is 5.11.